The maximum atomic E-state index is 11.6. The highest BCUT2D eigenvalue weighted by Gasteiger charge is 2.23. The number of hydrogen-bond donors (Lipinski definition) is 0. The van der Waals surface area contributed by atoms with Crippen LogP contribution in [0.2, 0.25) is 0 Å². The van der Waals surface area contributed by atoms with E-state index in [4.69, 9.17) is 9.47 Å². The van der Waals surface area contributed by atoms with Crippen molar-refractivity contribution in [2.45, 2.75) is 39.9 Å². The van der Waals surface area contributed by atoms with Crippen molar-refractivity contribution < 1.29 is 19.1 Å². The van der Waals surface area contributed by atoms with Crippen LogP contribution in [-0.2, 0) is 25.7 Å². The molecule has 0 aliphatic rings. The lowest BCUT2D eigenvalue weighted by atomic mass is 9.97. The van der Waals surface area contributed by atoms with Crippen molar-refractivity contribution in [2.75, 3.05) is 6.61 Å². The lowest BCUT2D eigenvalue weighted by Crippen LogP contribution is -2.25. The van der Waals surface area contributed by atoms with Gasteiger partial charge in [0.05, 0.1) is 18.6 Å². The first kappa shape index (κ1) is 16.4. The molecule has 1 aromatic rings. The normalized spacial score (nSPS) is 12.8. The van der Waals surface area contributed by atoms with Crippen LogP contribution in [0.1, 0.15) is 32.8 Å². The Bertz CT molecular complexity index is 420. The fourth-order valence-corrected chi connectivity index (χ4v) is 1.45. The van der Waals surface area contributed by atoms with Crippen molar-refractivity contribution in [3.63, 3.8) is 0 Å². The van der Waals surface area contributed by atoms with Crippen LogP contribution < -0.4 is 0 Å². The number of aldehydes is 1. The standard InChI is InChI=1S/C16H22O4/c1-16(2,3)15(18)19-10-9-14(11-17)20-12-13-7-5-4-6-8-13/h4-8,11,14H,9-10,12H2,1-3H3/t14-/m1/s1. The molecule has 1 aromatic carbocycles. The first-order valence-electron chi connectivity index (χ1n) is 6.71. The lowest BCUT2D eigenvalue weighted by Gasteiger charge is -2.17. The van der Waals surface area contributed by atoms with Crippen molar-refractivity contribution in [3.05, 3.63) is 35.9 Å². The summed E-state index contributed by atoms with van der Waals surface area (Å²) in [6, 6.07) is 9.62. The third kappa shape index (κ3) is 5.97. The quantitative estimate of drug-likeness (QED) is 0.568. The fourth-order valence-electron chi connectivity index (χ4n) is 1.45. The van der Waals surface area contributed by atoms with Crippen LogP contribution in [0.15, 0.2) is 30.3 Å². The van der Waals surface area contributed by atoms with Gasteiger partial charge in [-0.05, 0) is 26.3 Å². The van der Waals surface area contributed by atoms with E-state index in [9.17, 15) is 9.59 Å². The van der Waals surface area contributed by atoms with Crippen LogP contribution in [0.5, 0.6) is 0 Å². The molecule has 4 heteroatoms. The van der Waals surface area contributed by atoms with Gasteiger partial charge in [-0.15, -0.1) is 0 Å². The van der Waals surface area contributed by atoms with E-state index >= 15 is 0 Å². The second kappa shape index (κ2) is 7.80. The molecule has 0 heterocycles. The Balaban J connectivity index is 2.30. The van der Waals surface area contributed by atoms with E-state index < -0.39 is 11.5 Å². The summed E-state index contributed by atoms with van der Waals surface area (Å²) in [4.78, 5) is 22.5. The molecule has 1 rings (SSSR count). The SMILES string of the molecule is CC(C)(C)C(=O)OCC[C@H](C=O)OCc1ccccc1. The largest absolute Gasteiger partial charge is 0.465 e. The molecule has 0 amide bonds. The molecule has 0 unspecified atom stereocenters. The molecule has 0 aromatic heterocycles. The van der Waals surface area contributed by atoms with Crippen LogP contribution in [-0.4, -0.2) is 25.0 Å². The molecule has 0 aliphatic carbocycles. The third-order valence-corrected chi connectivity index (χ3v) is 2.71. The second-order valence-corrected chi connectivity index (χ2v) is 5.65. The van der Waals surface area contributed by atoms with Gasteiger partial charge >= 0.3 is 5.97 Å². The molecule has 0 saturated carbocycles. The molecule has 0 fully saturated rings. The minimum Gasteiger partial charge on any atom is -0.465 e. The van der Waals surface area contributed by atoms with Crippen LogP contribution in [0.4, 0.5) is 0 Å². The van der Waals surface area contributed by atoms with E-state index in [2.05, 4.69) is 0 Å². The Labute approximate surface area is 120 Å². The third-order valence-electron chi connectivity index (χ3n) is 2.71. The summed E-state index contributed by atoms with van der Waals surface area (Å²) in [7, 11) is 0. The summed E-state index contributed by atoms with van der Waals surface area (Å²) in [6.45, 7) is 5.93. The number of ether oxygens (including phenoxy) is 2. The fraction of sp³-hybridized carbons (Fsp3) is 0.500. The number of carbonyl (C=O) groups excluding carboxylic acids is 2. The molecular weight excluding hydrogens is 256 g/mol. The Kier molecular flexibility index (Phi) is 6.39. The van der Waals surface area contributed by atoms with Crippen molar-refractivity contribution >= 4 is 12.3 Å². The van der Waals surface area contributed by atoms with E-state index in [0.717, 1.165) is 11.8 Å². The van der Waals surface area contributed by atoms with Gasteiger partial charge in [0.2, 0.25) is 0 Å². The molecule has 0 saturated heterocycles. The molecule has 0 bridgehead atoms. The Morgan fingerprint density at radius 2 is 1.90 bits per heavy atom. The number of rotatable bonds is 7. The molecule has 0 spiro atoms. The second-order valence-electron chi connectivity index (χ2n) is 5.65. The van der Waals surface area contributed by atoms with Crippen LogP contribution in [0.3, 0.4) is 0 Å². The highest BCUT2D eigenvalue weighted by Crippen LogP contribution is 2.15. The summed E-state index contributed by atoms with van der Waals surface area (Å²) in [5.41, 5.74) is 0.479. The average molecular weight is 278 g/mol. The zero-order chi connectivity index (χ0) is 15.0. The van der Waals surface area contributed by atoms with E-state index in [0.29, 0.717) is 13.0 Å². The van der Waals surface area contributed by atoms with Gasteiger partial charge in [-0.1, -0.05) is 30.3 Å². The topological polar surface area (TPSA) is 52.6 Å². The zero-order valence-electron chi connectivity index (χ0n) is 12.3. The van der Waals surface area contributed by atoms with E-state index in [1.807, 2.05) is 30.3 Å². The van der Waals surface area contributed by atoms with Gasteiger partial charge in [0.25, 0.3) is 0 Å². The van der Waals surface area contributed by atoms with Crippen LogP contribution in [0.25, 0.3) is 0 Å². The highest BCUT2D eigenvalue weighted by molar-refractivity contribution is 5.75. The van der Waals surface area contributed by atoms with Gasteiger partial charge in [-0.25, -0.2) is 0 Å². The van der Waals surface area contributed by atoms with Crippen molar-refractivity contribution in [1.29, 1.82) is 0 Å². The van der Waals surface area contributed by atoms with Gasteiger partial charge in [0.1, 0.15) is 12.4 Å². The Morgan fingerprint density at radius 1 is 1.25 bits per heavy atom. The molecular formula is C16H22O4. The number of carbonyl (C=O) groups is 2. The number of benzene rings is 1. The highest BCUT2D eigenvalue weighted by atomic mass is 16.5. The van der Waals surface area contributed by atoms with Crippen molar-refractivity contribution in [2.24, 2.45) is 5.41 Å². The van der Waals surface area contributed by atoms with Gasteiger partial charge in [0, 0.05) is 6.42 Å². The van der Waals surface area contributed by atoms with Gasteiger partial charge in [-0.3, -0.25) is 4.79 Å². The Morgan fingerprint density at radius 3 is 2.45 bits per heavy atom. The number of hydrogen-bond acceptors (Lipinski definition) is 4. The smallest absolute Gasteiger partial charge is 0.311 e. The Hall–Kier alpha value is -1.68. The van der Waals surface area contributed by atoms with Crippen molar-refractivity contribution in [1.82, 2.24) is 0 Å². The predicted molar refractivity (Wildman–Crippen MR) is 76.1 cm³/mol. The lowest BCUT2D eigenvalue weighted by molar-refractivity contribution is -0.154. The van der Waals surface area contributed by atoms with Gasteiger partial charge < -0.3 is 14.3 Å². The van der Waals surface area contributed by atoms with E-state index in [1.54, 1.807) is 20.8 Å². The van der Waals surface area contributed by atoms with E-state index in [-0.39, 0.29) is 12.6 Å². The van der Waals surface area contributed by atoms with Crippen molar-refractivity contribution in [3.8, 4) is 0 Å². The summed E-state index contributed by atoms with van der Waals surface area (Å²) < 4.78 is 10.6. The maximum absolute atomic E-state index is 11.6. The predicted octanol–water partition coefficient (Wildman–Crippen LogP) is 2.75. The molecule has 0 N–H and O–H groups in total. The molecule has 20 heavy (non-hydrogen) atoms. The molecule has 110 valence electrons. The summed E-state index contributed by atoms with van der Waals surface area (Å²) >= 11 is 0. The van der Waals surface area contributed by atoms with Gasteiger partial charge in [0.15, 0.2) is 0 Å². The average Bonchev–Trinajstić information content (AvgIpc) is 2.42. The molecule has 0 aliphatic heterocycles. The minimum absolute atomic E-state index is 0.189. The molecule has 0 radical (unpaired) electrons. The first-order valence-corrected chi connectivity index (χ1v) is 6.71. The maximum Gasteiger partial charge on any atom is 0.311 e. The monoisotopic (exact) mass is 278 g/mol. The number of esters is 1. The van der Waals surface area contributed by atoms with Crippen LogP contribution in [0, 0.1) is 5.41 Å². The first-order chi connectivity index (χ1) is 9.43. The minimum atomic E-state index is -0.553. The molecule has 4 nitrogen and oxygen atoms in total. The summed E-state index contributed by atoms with van der Waals surface area (Å²) in [6.07, 6.45) is 0.564. The summed E-state index contributed by atoms with van der Waals surface area (Å²) in [5.74, 6) is -0.273. The summed E-state index contributed by atoms with van der Waals surface area (Å²) in [5, 5.41) is 0. The zero-order valence-corrected chi connectivity index (χ0v) is 12.3. The van der Waals surface area contributed by atoms with E-state index in [1.165, 1.54) is 0 Å². The van der Waals surface area contributed by atoms with Gasteiger partial charge in [-0.2, -0.15) is 0 Å². The van der Waals surface area contributed by atoms with Crippen LogP contribution >= 0.6 is 0 Å². The molecule has 1 atom stereocenters.